The minimum atomic E-state index is -4.92. The largest absolute Gasteiger partial charge is 0.423 e. The fourth-order valence-electron chi connectivity index (χ4n) is 4.69. The van der Waals surface area contributed by atoms with Gasteiger partial charge in [-0.2, -0.15) is 31.4 Å². The molecule has 4 heterocycles. The van der Waals surface area contributed by atoms with Gasteiger partial charge in [-0.25, -0.2) is 19.6 Å². The summed E-state index contributed by atoms with van der Waals surface area (Å²) in [5, 5.41) is 6.66. The molecule has 0 aliphatic carbocycles. The molecule has 0 aromatic carbocycles. The zero-order valence-corrected chi connectivity index (χ0v) is 27.3. The Labute approximate surface area is 268 Å². The fourth-order valence-corrected chi connectivity index (χ4v) is 5.45. The summed E-state index contributed by atoms with van der Waals surface area (Å²) in [6.45, 7) is 8.28. The van der Waals surface area contributed by atoms with Gasteiger partial charge in [-0.1, -0.05) is 19.6 Å². The SMILES string of the molecule is CC(CCc1ccnc(N2CCN(c3ncc(C(F)(F)F)cn3)CC2=O)c1)Nc1cnn(COCC[Si](C)(C)C)c(=O)c1C(F)(F)F. The zero-order valence-electron chi connectivity index (χ0n) is 26.3. The zero-order chi connectivity index (χ0) is 34.6. The second kappa shape index (κ2) is 14.4. The van der Waals surface area contributed by atoms with Gasteiger partial charge >= 0.3 is 12.4 Å². The third kappa shape index (κ3) is 9.72. The van der Waals surface area contributed by atoms with Gasteiger partial charge in [0.05, 0.1) is 17.4 Å². The van der Waals surface area contributed by atoms with Crippen molar-refractivity contribution in [1.29, 1.82) is 0 Å². The van der Waals surface area contributed by atoms with Gasteiger partial charge < -0.3 is 15.0 Å². The van der Waals surface area contributed by atoms with E-state index in [0.717, 1.165) is 17.8 Å². The van der Waals surface area contributed by atoms with Crippen LogP contribution in [0.3, 0.4) is 0 Å². The van der Waals surface area contributed by atoms with Gasteiger partial charge in [0.25, 0.3) is 5.56 Å². The molecule has 1 fully saturated rings. The molecule has 0 radical (unpaired) electrons. The standard InChI is InChI=1S/C29H36F6N8O3Si/c1-19(40-22-16-39-43(18-46-11-12-47(2,3)4)26(45)25(22)29(33,34)35)5-6-20-7-8-36-23(13-20)42-10-9-41(17-24(42)44)27-37-14-21(15-38-27)28(30,31)32/h7-8,13-16,19,40H,5-6,9-12,17-18H2,1-4H3. The van der Waals surface area contributed by atoms with E-state index in [-0.39, 0.29) is 38.2 Å². The first-order valence-electron chi connectivity index (χ1n) is 14.8. The number of nitrogens with zero attached hydrogens (tertiary/aromatic N) is 7. The Bertz CT molecular complexity index is 1590. The molecular formula is C29H36F6N8O3Si. The molecule has 1 aliphatic rings. The third-order valence-electron chi connectivity index (χ3n) is 7.36. The number of nitrogens with one attached hydrogen (secondary N) is 1. The van der Waals surface area contributed by atoms with E-state index < -0.39 is 48.8 Å². The maximum atomic E-state index is 14.0. The van der Waals surface area contributed by atoms with Crippen LogP contribution in [-0.2, 0) is 35.0 Å². The van der Waals surface area contributed by atoms with Gasteiger partial charge in [-0.15, -0.1) is 0 Å². The predicted molar refractivity (Wildman–Crippen MR) is 165 cm³/mol. The minimum absolute atomic E-state index is 0.00111. The molecule has 1 unspecified atom stereocenters. The molecule has 18 heteroatoms. The molecule has 3 aromatic rings. The lowest BCUT2D eigenvalue weighted by atomic mass is 10.1. The number of ether oxygens (including phenoxy) is 1. The lowest BCUT2D eigenvalue weighted by Gasteiger charge is -2.33. The van der Waals surface area contributed by atoms with E-state index in [0.29, 0.717) is 42.3 Å². The van der Waals surface area contributed by atoms with Crippen LogP contribution in [0.15, 0.2) is 41.7 Å². The van der Waals surface area contributed by atoms with E-state index in [4.69, 9.17) is 4.74 Å². The predicted octanol–water partition coefficient (Wildman–Crippen LogP) is 5.06. The summed E-state index contributed by atoms with van der Waals surface area (Å²) >= 11 is 0. The van der Waals surface area contributed by atoms with E-state index in [9.17, 15) is 35.9 Å². The fraction of sp³-hybridized carbons (Fsp3) is 0.517. The first-order chi connectivity index (χ1) is 21.9. The Balaban J connectivity index is 1.36. The number of aryl methyl sites for hydroxylation is 1. The lowest BCUT2D eigenvalue weighted by molar-refractivity contribution is -0.139. The molecule has 1 aliphatic heterocycles. The Kier molecular flexibility index (Phi) is 10.9. The summed E-state index contributed by atoms with van der Waals surface area (Å²) in [6, 6.07) is 3.71. The Morgan fingerprint density at radius 3 is 2.32 bits per heavy atom. The number of carbonyl (C=O) groups excluding carboxylic acids is 1. The van der Waals surface area contributed by atoms with Crippen molar-refractivity contribution in [3.05, 3.63) is 64.0 Å². The number of anilines is 3. The quantitative estimate of drug-likeness (QED) is 0.158. The van der Waals surface area contributed by atoms with Crippen LogP contribution in [0.25, 0.3) is 0 Å². The topological polar surface area (TPSA) is 118 Å². The van der Waals surface area contributed by atoms with Gasteiger partial charge in [-0.05, 0) is 43.5 Å². The summed E-state index contributed by atoms with van der Waals surface area (Å²) in [5.41, 5.74) is -3.29. The molecule has 0 bridgehead atoms. The summed E-state index contributed by atoms with van der Waals surface area (Å²) < 4.78 is 86.5. The highest BCUT2D eigenvalue weighted by molar-refractivity contribution is 6.76. The first-order valence-corrected chi connectivity index (χ1v) is 18.5. The summed E-state index contributed by atoms with van der Waals surface area (Å²) in [7, 11) is -1.42. The molecule has 1 amide bonds. The van der Waals surface area contributed by atoms with Gasteiger partial charge in [0.2, 0.25) is 11.9 Å². The number of pyridine rings is 1. The molecule has 47 heavy (non-hydrogen) atoms. The number of amides is 1. The number of hydrogen-bond donors (Lipinski definition) is 1. The van der Waals surface area contributed by atoms with Gasteiger partial charge in [0.1, 0.15) is 24.7 Å². The monoisotopic (exact) mass is 686 g/mol. The van der Waals surface area contributed by atoms with E-state index in [1.54, 1.807) is 19.1 Å². The van der Waals surface area contributed by atoms with Crippen LogP contribution in [0.1, 0.15) is 30.0 Å². The van der Waals surface area contributed by atoms with Crippen molar-refractivity contribution in [2.45, 2.75) is 70.6 Å². The maximum absolute atomic E-state index is 14.0. The van der Waals surface area contributed by atoms with Crippen molar-refractivity contribution < 1.29 is 35.9 Å². The molecule has 1 saturated heterocycles. The van der Waals surface area contributed by atoms with E-state index in [1.165, 1.54) is 16.0 Å². The highest BCUT2D eigenvalue weighted by atomic mass is 28.3. The van der Waals surface area contributed by atoms with Gasteiger partial charge in [0, 0.05) is 52.4 Å². The summed E-state index contributed by atoms with van der Waals surface area (Å²) in [4.78, 5) is 40.4. The van der Waals surface area contributed by atoms with Crippen molar-refractivity contribution >= 4 is 31.4 Å². The Morgan fingerprint density at radius 2 is 1.70 bits per heavy atom. The average molecular weight is 687 g/mol. The van der Waals surface area contributed by atoms with Crippen LogP contribution in [-0.4, -0.2) is 71.0 Å². The average Bonchev–Trinajstić information content (AvgIpc) is 2.98. The molecule has 0 spiro atoms. The molecule has 1 N–H and O–H groups in total. The minimum Gasteiger partial charge on any atom is -0.381 e. The van der Waals surface area contributed by atoms with Crippen molar-refractivity contribution in [2.75, 3.05) is 41.4 Å². The maximum Gasteiger partial charge on any atom is 0.423 e. The number of aromatic nitrogens is 5. The van der Waals surface area contributed by atoms with E-state index >= 15 is 0 Å². The van der Waals surface area contributed by atoms with Crippen molar-refractivity contribution in [2.24, 2.45) is 0 Å². The highest BCUT2D eigenvalue weighted by Gasteiger charge is 2.38. The molecule has 256 valence electrons. The van der Waals surface area contributed by atoms with Crippen molar-refractivity contribution in [3.63, 3.8) is 0 Å². The summed E-state index contributed by atoms with van der Waals surface area (Å²) in [6.07, 6.45) is -4.89. The Hall–Kier alpha value is -4.06. The second-order valence-corrected chi connectivity index (χ2v) is 18.0. The van der Waals surface area contributed by atoms with Crippen LogP contribution in [0.4, 0.5) is 43.8 Å². The van der Waals surface area contributed by atoms with E-state index in [1.807, 2.05) is 0 Å². The normalized spacial score (nSPS) is 15.2. The van der Waals surface area contributed by atoms with E-state index in [2.05, 4.69) is 45.0 Å². The number of carbonyl (C=O) groups is 1. The third-order valence-corrected chi connectivity index (χ3v) is 9.06. The van der Waals surface area contributed by atoms with Crippen LogP contribution < -0.4 is 20.7 Å². The molecule has 11 nitrogen and oxygen atoms in total. The molecule has 0 saturated carbocycles. The highest BCUT2D eigenvalue weighted by Crippen LogP contribution is 2.32. The second-order valence-electron chi connectivity index (χ2n) is 12.4. The van der Waals surface area contributed by atoms with Crippen molar-refractivity contribution in [1.82, 2.24) is 24.7 Å². The number of hydrogen-bond acceptors (Lipinski definition) is 9. The van der Waals surface area contributed by atoms with Crippen LogP contribution in [0.5, 0.6) is 0 Å². The van der Waals surface area contributed by atoms with Gasteiger partial charge in [0.15, 0.2) is 0 Å². The van der Waals surface area contributed by atoms with Crippen molar-refractivity contribution in [3.8, 4) is 0 Å². The first kappa shape index (κ1) is 35.8. The molecule has 1 atom stereocenters. The lowest BCUT2D eigenvalue weighted by Crippen LogP contribution is -2.51. The summed E-state index contributed by atoms with van der Waals surface area (Å²) in [5.74, 6) is 0.00401. The number of alkyl halides is 6. The number of halogens is 6. The number of rotatable bonds is 12. The van der Waals surface area contributed by atoms with Gasteiger partial charge in [-0.3, -0.25) is 14.5 Å². The Morgan fingerprint density at radius 1 is 1.00 bits per heavy atom. The van der Waals surface area contributed by atoms with Crippen LogP contribution >= 0.6 is 0 Å². The molecule has 4 rings (SSSR count). The number of piperazine rings is 1. The molecular weight excluding hydrogens is 650 g/mol. The van der Waals surface area contributed by atoms with Crippen LogP contribution in [0, 0.1) is 0 Å². The molecule has 3 aromatic heterocycles. The van der Waals surface area contributed by atoms with Crippen LogP contribution in [0.2, 0.25) is 25.7 Å². The smallest absolute Gasteiger partial charge is 0.381 e.